The molecule has 0 aromatic carbocycles. The number of rotatable bonds is 43. The maximum Gasteiger partial charge on any atom is 0.472 e. The number of quaternary nitrogens is 1. The number of aliphatic hydroxyl groups is 1. The Morgan fingerprint density at radius 1 is 0.583 bits per heavy atom. The van der Waals surface area contributed by atoms with Gasteiger partial charge in [0.15, 0.2) is 0 Å². The summed E-state index contributed by atoms with van der Waals surface area (Å²) in [4.78, 5) is 23.0. The Balaban J connectivity index is 3.89. The van der Waals surface area contributed by atoms with E-state index in [1.165, 1.54) is 77.0 Å². The molecule has 0 radical (unpaired) electrons. The highest BCUT2D eigenvalue weighted by Gasteiger charge is 2.28. The van der Waals surface area contributed by atoms with Crippen molar-refractivity contribution in [1.29, 1.82) is 0 Å². The van der Waals surface area contributed by atoms with Crippen LogP contribution >= 0.6 is 7.82 Å². The van der Waals surface area contributed by atoms with E-state index in [-0.39, 0.29) is 19.1 Å². The second-order valence-corrected chi connectivity index (χ2v) is 18.9. The van der Waals surface area contributed by atoms with Crippen LogP contribution in [0.1, 0.15) is 194 Å². The zero-order valence-electron chi connectivity index (χ0n) is 39.4. The molecule has 348 valence electrons. The van der Waals surface area contributed by atoms with Crippen LogP contribution in [0.25, 0.3) is 0 Å². The first-order chi connectivity index (χ1) is 29.0. The van der Waals surface area contributed by atoms with E-state index in [0.717, 1.165) is 89.9 Å². The molecule has 0 rings (SSSR count). The van der Waals surface area contributed by atoms with Crippen LogP contribution in [0.5, 0.6) is 0 Å². The van der Waals surface area contributed by atoms with Gasteiger partial charge in [-0.15, -0.1) is 0 Å². The highest BCUT2D eigenvalue weighted by Crippen LogP contribution is 2.43. The lowest BCUT2D eigenvalue weighted by molar-refractivity contribution is -0.870. The highest BCUT2D eigenvalue weighted by atomic mass is 31.2. The summed E-state index contributed by atoms with van der Waals surface area (Å²) in [6.07, 6.45) is 57.1. The number of carbonyl (C=O) groups is 1. The lowest BCUT2D eigenvalue weighted by atomic mass is 10.0. The van der Waals surface area contributed by atoms with Crippen LogP contribution in [-0.4, -0.2) is 73.4 Å². The molecule has 0 bridgehead atoms. The molecule has 60 heavy (non-hydrogen) atoms. The average Bonchev–Trinajstić information content (AvgIpc) is 3.20. The van der Waals surface area contributed by atoms with Gasteiger partial charge in [-0.3, -0.25) is 13.8 Å². The van der Waals surface area contributed by atoms with Crippen molar-refractivity contribution in [1.82, 2.24) is 5.32 Å². The number of carbonyl (C=O) groups excluding carboxylic acids is 1. The number of likely N-dealkylation sites (N-methyl/N-ethyl adjacent to an activating group) is 1. The Morgan fingerprint density at radius 2 is 1.00 bits per heavy atom. The topological polar surface area (TPSA) is 105 Å². The number of amides is 1. The van der Waals surface area contributed by atoms with Gasteiger partial charge in [-0.1, -0.05) is 196 Å². The minimum Gasteiger partial charge on any atom is -0.391 e. The fraction of sp³-hybridized carbons (Fsp3) is 0.745. The number of allylic oxidation sites excluding steroid dienone is 12. The van der Waals surface area contributed by atoms with Crippen LogP contribution in [0.2, 0.25) is 0 Å². The molecular formula is C51H94N2O6P+. The molecule has 3 unspecified atom stereocenters. The third-order valence-electron chi connectivity index (χ3n) is 10.5. The maximum atomic E-state index is 12.8. The SMILES string of the molecule is CC/C=C\C/C=C\C/C=C\C/C=C\C/C=C\C/C=C\CCCCCCCCCCCCCCCCC(=O)NC(COP(=O)(O)OCC[N+](C)(C)C)C(O)CCCCCCC. The number of hydrogen-bond acceptors (Lipinski definition) is 5. The van der Waals surface area contributed by atoms with E-state index in [9.17, 15) is 19.4 Å². The van der Waals surface area contributed by atoms with Crippen LogP contribution in [0.15, 0.2) is 72.9 Å². The van der Waals surface area contributed by atoms with E-state index in [2.05, 4.69) is 92.1 Å². The van der Waals surface area contributed by atoms with Gasteiger partial charge in [-0.2, -0.15) is 0 Å². The summed E-state index contributed by atoms with van der Waals surface area (Å²) in [5, 5.41) is 13.8. The largest absolute Gasteiger partial charge is 0.472 e. The predicted molar refractivity (Wildman–Crippen MR) is 258 cm³/mol. The van der Waals surface area contributed by atoms with Gasteiger partial charge in [0.05, 0.1) is 39.9 Å². The Kier molecular flexibility index (Phi) is 40.8. The number of nitrogens with zero attached hydrogens (tertiary/aromatic N) is 1. The van der Waals surface area contributed by atoms with Gasteiger partial charge in [-0.05, 0) is 64.2 Å². The van der Waals surface area contributed by atoms with Gasteiger partial charge in [0.25, 0.3) is 0 Å². The van der Waals surface area contributed by atoms with Gasteiger partial charge in [-0.25, -0.2) is 4.57 Å². The molecule has 0 spiro atoms. The summed E-state index contributed by atoms with van der Waals surface area (Å²) in [7, 11) is 1.60. The van der Waals surface area contributed by atoms with Crippen molar-refractivity contribution in [3.05, 3.63) is 72.9 Å². The maximum absolute atomic E-state index is 12.8. The van der Waals surface area contributed by atoms with Crippen molar-refractivity contribution in [3.63, 3.8) is 0 Å². The number of nitrogens with one attached hydrogen (secondary N) is 1. The first-order valence-electron chi connectivity index (χ1n) is 24.3. The molecule has 0 saturated heterocycles. The zero-order valence-corrected chi connectivity index (χ0v) is 40.3. The molecule has 0 heterocycles. The fourth-order valence-electron chi connectivity index (χ4n) is 6.64. The normalized spacial score (nSPS) is 14.8. The second kappa shape index (κ2) is 42.3. The Hall–Kier alpha value is -2.06. The monoisotopic (exact) mass is 862 g/mol. The van der Waals surface area contributed by atoms with Crippen LogP contribution in [0, 0.1) is 0 Å². The van der Waals surface area contributed by atoms with Crippen molar-refractivity contribution in [3.8, 4) is 0 Å². The third-order valence-corrected chi connectivity index (χ3v) is 11.5. The van der Waals surface area contributed by atoms with Gasteiger partial charge in [0.2, 0.25) is 5.91 Å². The Bertz CT molecular complexity index is 1200. The molecule has 8 nitrogen and oxygen atoms in total. The molecule has 0 aromatic rings. The standard InChI is InChI=1S/C51H93N2O6P/c1-6-8-10-12-13-14-15-16-17-18-19-20-21-22-23-24-25-26-27-28-29-30-31-32-33-34-35-36-37-38-39-41-43-45-51(55)52-49(50(54)44-42-40-11-9-7-2)48-59-60(56,57)58-47-46-53(3,4)5/h8,10,13-14,16-17,19-20,22-23,25-26,49-50,54H,6-7,9,11-12,15,18,21,24,27-48H2,1-5H3,(H-,52,55,56,57)/p+1/b10-8-,14-13-,17-16-,20-19-,23-22-,26-25-. The summed E-state index contributed by atoms with van der Waals surface area (Å²) in [5.74, 6) is -0.155. The molecule has 0 aliphatic heterocycles. The van der Waals surface area contributed by atoms with E-state index in [0.29, 0.717) is 23.9 Å². The van der Waals surface area contributed by atoms with Crippen molar-refractivity contribution in [2.45, 2.75) is 206 Å². The molecule has 3 atom stereocenters. The van der Waals surface area contributed by atoms with Crippen molar-refractivity contribution in [2.24, 2.45) is 0 Å². The molecule has 0 aliphatic rings. The summed E-state index contributed by atoms with van der Waals surface area (Å²) < 4.78 is 23.4. The number of aliphatic hydroxyl groups excluding tert-OH is 1. The quantitative estimate of drug-likeness (QED) is 0.0244. The van der Waals surface area contributed by atoms with E-state index in [1.54, 1.807) is 0 Å². The van der Waals surface area contributed by atoms with E-state index in [4.69, 9.17) is 9.05 Å². The Morgan fingerprint density at radius 3 is 1.47 bits per heavy atom. The van der Waals surface area contributed by atoms with Gasteiger partial charge in [0.1, 0.15) is 13.2 Å². The molecule has 9 heteroatoms. The summed E-state index contributed by atoms with van der Waals surface area (Å²) >= 11 is 0. The van der Waals surface area contributed by atoms with Crippen LogP contribution in [0.3, 0.4) is 0 Å². The molecule has 1 amide bonds. The average molecular weight is 862 g/mol. The number of unbranched alkanes of at least 4 members (excludes halogenated alkanes) is 18. The van der Waals surface area contributed by atoms with Crippen molar-refractivity contribution >= 4 is 13.7 Å². The molecule has 0 aliphatic carbocycles. The fourth-order valence-corrected chi connectivity index (χ4v) is 7.37. The van der Waals surface area contributed by atoms with Crippen LogP contribution < -0.4 is 5.32 Å². The predicted octanol–water partition coefficient (Wildman–Crippen LogP) is 14.0. The second-order valence-electron chi connectivity index (χ2n) is 17.5. The van der Waals surface area contributed by atoms with E-state index < -0.39 is 20.0 Å². The van der Waals surface area contributed by atoms with Crippen molar-refractivity contribution in [2.75, 3.05) is 40.9 Å². The molecule has 0 fully saturated rings. The first-order valence-corrected chi connectivity index (χ1v) is 25.8. The Labute approximate surface area is 370 Å². The lowest BCUT2D eigenvalue weighted by Crippen LogP contribution is -2.46. The summed E-state index contributed by atoms with van der Waals surface area (Å²) in [5.41, 5.74) is 0. The van der Waals surface area contributed by atoms with Crippen LogP contribution in [0.4, 0.5) is 0 Å². The highest BCUT2D eigenvalue weighted by molar-refractivity contribution is 7.47. The smallest absolute Gasteiger partial charge is 0.391 e. The molecule has 0 aromatic heterocycles. The van der Waals surface area contributed by atoms with Crippen LogP contribution in [-0.2, 0) is 18.4 Å². The number of phosphoric ester groups is 1. The van der Waals surface area contributed by atoms with Gasteiger partial charge >= 0.3 is 7.82 Å². The minimum atomic E-state index is -4.30. The van der Waals surface area contributed by atoms with E-state index in [1.807, 2.05) is 21.1 Å². The summed E-state index contributed by atoms with van der Waals surface area (Å²) in [6.45, 7) is 4.67. The molecule has 0 saturated carbocycles. The molecular weight excluding hydrogens is 768 g/mol. The van der Waals surface area contributed by atoms with Gasteiger partial charge in [0, 0.05) is 6.42 Å². The number of phosphoric acid groups is 1. The summed E-state index contributed by atoms with van der Waals surface area (Å²) in [6, 6.07) is -0.759. The number of hydrogen-bond donors (Lipinski definition) is 3. The third kappa shape index (κ3) is 44.0. The minimum absolute atomic E-state index is 0.0715. The molecule has 3 N–H and O–H groups in total. The lowest BCUT2D eigenvalue weighted by Gasteiger charge is -2.26. The van der Waals surface area contributed by atoms with Gasteiger partial charge < -0.3 is 19.8 Å². The van der Waals surface area contributed by atoms with E-state index >= 15 is 0 Å². The zero-order chi connectivity index (χ0) is 44.3. The first kappa shape index (κ1) is 57.9. The van der Waals surface area contributed by atoms with Crippen molar-refractivity contribution < 1.29 is 32.9 Å².